The summed E-state index contributed by atoms with van der Waals surface area (Å²) in [5.41, 5.74) is 2.03. The minimum absolute atomic E-state index is 0.0586. The van der Waals surface area contributed by atoms with Crippen LogP contribution in [0.4, 0.5) is 4.79 Å². The maximum atomic E-state index is 12.6. The molecule has 2 aliphatic heterocycles. The Bertz CT molecular complexity index is 856. The number of nitrogens with zero attached hydrogens (tertiary/aromatic N) is 3. The summed E-state index contributed by atoms with van der Waals surface area (Å²) in [6.45, 7) is 4.45. The number of carbonyl (C=O) groups is 1. The molecule has 2 aromatic heterocycles. The van der Waals surface area contributed by atoms with Crippen LogP contribution in [0, 0.1) is 5.92 Å². The van der Waals surface area contributed by atoms with Crippen molar-refractivity contribution in [3.8, 4) is 0 Å². The fourth-order valence-corrected chi connectivity index (χ4v) is 4.15. The molecule has 0 aromatic carbocycles. The van der Waals surface area contributed by atoms with Crippen molar-refractivity contribution in [3.05, 3.63) is 51.8 Å². The third kappa shape index (κ3) is 3.25. The van der Waals surface area contributed by atoms with E-state index in [2.05, 4.69) is 17.4 Å². The maximum Gasteiger partial charge on any atom is 0.317 e. The average molecular weight is 356 g/mol. The Hall–Kier alpha value is -2.57. The van der Waals surface area contributed by atoms with E-state index in [1.54, 1.807) is 6.07 Å². The second-order valence-electron chi connectivity index (χ2n) is 7.30. The molecule has 4 rings (SSSR count). The lowest BCUT2D eigenvalue weighted by atomic mass is 9.83. The molecule has 2 aromatic rings. The topological polar surface area (TPSA) is 80.4 Å². The number of hydrogen-bond donors (Lipinski definition) is 1. The SMILES string of the molecule is CCCc1cc(CNC(=O)N2C[C@H]3C[C@@H](C2)c2cccc(=O)n2C3)on1. The van der Waals surface area contributed by atoms with Crippen LogP contribution in [-0.2, 0) is 19.5 Å². The van der Waals surface area contributed by atoms with Crippen molar-refractivity contribution in [2.75, 3.05) is 13.1 Å². The van der Waals surface area contributed by atoms with Crippen LogP contribution < -0.4 is 10.9 Å². The van der Waals surface area contributed by atoms with Crippen LogP contribution in [0.5, 0.6) is 0 Å². The molecular formula is C19H24N4O3. The van der Waals surface area contributed by atoms with Gasteiger partial charge < -0.3 is 19.3 Å². The van der Waals surface area contributed by atoms with Gasteiger partial charge in [0.2, 0.25) is 0 Å². The minimum Gasteiger partial charge on any atom is -0.359 e. The summed E-state index contributed by atoms with van der Waals surface area (Å²) in [6.07, 6.45) is 2.93. The first-order valence-corrected chi connectivity index (χ1v) is 9.31. The highest BCUT2D eigenvalue weighted by atomic mass is 16.5. The molecule has 7 nitrogen and oxygen atoms in total. The molecule has 0 unspecified atom stereocenters. The standard InChI is InChI=1S/C19H24N4O3/c1-2-4-15-8-16(26-21-15)9-20-19(25)22-10-13-7-14(12-22)17-5-3-6-18(24)23(17)11-13/h3,5-6,8,13-14H,2,4,7,9-12H2,1H3,(H,20,25)/t13-,14+/m1/s1. The first kappa shape index (κ1) is 16.9. The highest BCUT2D eigenvalue weighted by Gasteiger charge is 2.36. The average Bonchev–Trinajstić information content (AvgIpc) is 3.08. The number of rotatable bonds is 4. The third-order valence-corrected chi connectivity index (χ3v) is 5.29. The summed E-state index contributed by atoms with van der Waals surface area (Å²) in [4.78, 5) is 26.5. The van der Waals surface area contributed by atoms with E-state index in [0.29, 0.717) is 37.9 Å². The van der Waals surface area contributed by atoms with E-state index in [-0.39, 0.29) is 17.5 Å². The number of aryl methyl sites for hydroxylation is 1. The highest BCUT2D eigenvalue weighted by molar-refractivity contribution is 5.74. The van der Waals surface area contributed by atoms with Crippen molar-refractivity contribution < 1.29 is 9.32 Å². The molecule has 7 heteroatoms. The Morgan fingerprint density at radius 1 is 1.35 bits per heavy atom. The second kappa shape index (κ2) is 6.97. The number of piperidine rings is 1. The van der Waals surface area contributed by atoms with Crippen LogP contribution >= 0.6 is 0 Å². The number of likely N-dealkylation sites (tertiary alicyclic amines) is 1. The molecule has 1 saturated heterocycles. The van der Waals surface area contributed by atoms with E-state index >= 15 is 0 Å². The fourth-order valence-electron chi connectivity index (χ4n) is 4.15. The summed E-state index contributed by atoms with van der Waals surface area (Å²) in [6, 6.07) is 7.25. The molecule has 2 amide bonds. The van der Waals surface area contributed by atoms with Crippen molar-refractivity contribution in [3.63, 3.8) is 0 Å². The normalized spacial score (nSPS) is 21.3. The van der Waals surface area contributed by atoms with Crippen LogP contribution in [0.3, 0.4) is 0 Å². The van der Waals surface area contributed by atoms with Gasteiger partial charge in [0.25, 0.3) is 5.56 Å². The minimum atomic E-state index is -0.0835. The lowest BCUT2D eigenvalue weighted by molar-refractivity contribution is 0.130. The van der Waals surface area contributed by atoms with Crippen LogP contribution in [-0.4, -0.2) is 33.7 Å². The van der Waals surface area contributed by atoms with Crippen LogP contribution in [0.1, 0.15) is 42.8 Å². The smallest absolute Gasteiger partial charge is 0.317 e. The number of fused-ring (bicyclic) bond motifs is 4. The summed E-state index contributed by atoms with van der Waals surface area (Å²) >= 11 is 0. The van der Waals surface area contributed by atoms with E-state index in [1.807, 2.05) is 27.7 Å². The van der Waals surface area contributed by atoms with Gasteiger partial charge in [0.1, 0.15) is 0 Å². The molecule has 2 atom stereocenters. The van der Waals surface area contributed by atoms with Gasteiger partial charge in [-0.1, -0.05) is 24.6 Å². The number of hydrogen-bond acceptors (Lipinski definition) is 4. The number of amides is 2. The van der Waals surface area contributed by atoms with Crippen LogP contribution in [0.25, 0.3) is 0 Å². The van der Waals surface area contributed by atoms with Gasteiger partial charge in [-0.2, -0.15) is 0 Å². The van der Waals surface area contributed by atoms with E-state index in [0.717, 1.165) is 30.7 Å². The number of pyridine rings is 1. The molecule has 26 heavy (non-hydrogen) atoms. The number of nitrogens with one attached hydrogen (secondary N) is 1. The molecule has 2 aliphatic rings. The molecule has 0 aliphatic carbocycles. The van der Waals surface area contributed by atoms with Gasteiger partial charge in [-0.15, -0.1) is 0 Å². The summed E-state index contributed by atoms with van der Waals surface area (Å²) in [7, 11) is 0. The Balaban J connectivity index is 1.40. The number of aromatic nitrogens is 2. The zero-order valence-corrected chi connectivity index (χ0v) is 15.0. The molecular weight excluding hydrogens is 332 g/mol. The van der Waals surface area contributed by atoms with Gasteiger partial charge in [0, 0.05) is 43.4 Å². The molecule has 0 spiro atoms. The molecule has 138 valence electrons. The maximum absolute atomic E-state index is 12.6. The van der Waals surface area contributed by atoms with E-state index in [1.165, 1.54) is 0 Å². The lowest BCUT2D eigenvalue weighted by Gasteiger charge is -2.42. The van der Waals surface area contributed by atoms with Gasteiger partial charge in [-0.05, 0) is 24.8 Å². The second-order valence-corrected chi connectivity index (χ2v) is 7.30. The van der Waals surface area contributed by atoms with E-state index < -0.39 is 0 Å². The van der Waals surface area contributed by atoms with Gasteiger partial charge in [-0.25, -0.2) is 4.79 Å². The third-order valence-electron chi connectivity index (χ3n) is 5.29. The van der Waals surface area contributed by atoms with Crippen LogP contribution in [0.15, 0.2) is 33.6 Å². The van der Waals surface area contributed by atoms with Crippen molar-refractivity contribution in [2.45, 2.75) is 45.2 Å². The predicted octanol–water partition coefficient (Wildman–Crippen LogP) is 2.12. The fraction of sp³-hybridized carbons (Fsp3) is 0.526. The van der Waals surface area contributed by atoms with Crippen molar-refractivity contribution >= 4 is 6.03 Å². The Morgan fingerprint density at radius 3 is 3.08 bits per heavy atom. The van der Waals surface area contributed by atoms with Crippen LogP contribution in [0.2, 0.25) is 0 Å². The lowest BCUT2D eigenvalue weighted by Crippen LogP contribution is -2.51. The molecule has 0 saturated carbocycles. The zero-order chi connectivity index (χ0) is 18.1. The summed E-state index contributed by atoms with van der Waals surface area (Å²) in [5, 5.41) is 6.94. The highest BCUT2D eigenvalue weighted by Crippen LogP contribution is 2.34. The molecule has 1 fully saturated rings. The van der Waals surface area contributed by atoms with Gasteiger partial charge in [-0.3, -0.25) is 4.79 Å². The molecule has 0 radical (unpaired) electrons. The number of carbonyl (C=O) groups excluding carboxylic acids is 1. The first-order valence-electron chi connectivity index (χ1n) is 9.31. The summed E-state index contributed by atoms with van der Waals surface area (Å²) < 4.78 is 7.14. The molecule has 4 heterocycles. The Labute approximate surface area is 152 Å². The zero-order valence-electron chi connectivity index (χ0n) is 15.0. The van der Waals surface area contributed by atoms with Gasteiger partial charge in [0.05, 0.1) is 12.2 Å². The van der Waals surface area contributed by atoms with E-state index in [4.69, 9.17) is 4.52 Å². The largest absolute Gasteiger partial charge is 0.359 e. The van der Waals surface area contributed by atoms with Gasteiger partial charge in [0.15, 0.2) is 5.76 Å². The first-order chi connectivity index (χ1) is 12.6. The summed E-state index contributed by atoms with van der Waals surface area (Å²) in [5.74, 6) is 1.23. The molecule has 1 N–H and O–H groups in total. The van der Waals surface area contributed by atoms with Crippen molar-refractivity contribution in [1.82, 2.24) is 19.9 Å². The van der Waals surface area contributed by atoms with Crippen molar-refractivity contribution in [1.29, 1.82) is 0 Å². The quantitative estimate of drug-likeness (QED) is 0.910. The van der Waals surface area contributed by atoms with Crippen molar-refractivity contribution in [2.24, 2.45) is 5.92 Å². The van der Waals surface area contributed by atoms with E-state index in [9.17, 15) is 9.59 Å². The number of urea groups is 1. The predicted molar refractivity (Wildman–Crippen MR) is 95.9 cm³/mol. The Morgan fingerprint density at radius 2 is 2.23 bits per heavy atom. The Kier molecular flexibility index (Phi) is 4.53. The van der Waals surface area contributed by atoms with Gasteiger partial charge >= 0.3 is 6.03 Å². The monoisotopic (exact) mass is 356 g/mol. The molecule has 2 bridgehead atoms.